The topological polar surface area (TPSA) is 70.8 Å². The third-order valence-corrected chi connectivity index (χ3v) is 2.14. The third-order valence-electron chi connectivity index (χ3n) is 2.14. The average molecular weight is 175 g/mol. The Labute approximate surface area is 68.5 Å². The molecule has 0 aromatic rings. The summed E-state index contributed by atoms with van der Waals surface area (Å²) in [5.41, 5.74) is 0. The van der Waals surface area contributed by atoms with Crippen LogP contribution >= 0.6 is 0 Å². The minimum Gasteiger partial charge on any atom is -0.373 e. The zero-order valence-corrected chi connectivity index (χ0v) is 6.34. The largest absolute Gasteiger partial charge is 0.373 e. The second kappa shape index (κ2) is 2.87. The Morgan fingerprint density at radius 2 is 2.33 bits per heavy atom. The normalized spacial score (nSPS) is 39.5. The maximum atomic E-state index is 10.0. The summed E-state index contributed by atoms with van der Waals surface area (Å²) in [4.78, 5) is 14.4. The van der Waals surface area contributed by atoms with Crippen molar-refractivity contribution in [2.24, 2.45) is 0 Å². The van der Waals surface area contributed by atoms with Gasteiger partial charge in [0.15, 0.2) is 6.10 Å². The van der Waals surface area contributed by atoms with Crippen molar-refractivity contribution >= 4 is 0 Å². The van der Waals surface area contributed by atoms with Gasteiger partial charge in [-0.05, 0) is 6.42 Å². The Morgan fingerprint density at radius 1 is 1.50 bits per heavy atom. The van der Waals surface area contributed by atoms with Crippen molar-refractivity contribution in [3.63, 3.8) is 0 Å². The fourth-order valence-corrected chi connectivity index (χ4v) is 1.63. The summed E-state index contributed by atoms with van der Waals surface area (Å²) < 4.78 is 10.5. The van der Waals surface area contributed by atoms with Gasteiger partial charge >= 0.3 is 0 Å². The molecule has 2 fully saturated rings. The van der Waals surface area contributed by atoms with Gasteiger partial charge in [-0.1, -0.05) is 0 Å². The predicted molar refractivity (Wildman–Crippen MR) is 36.0 cm³/mol. The quantitative estimate of drug-likeness (QED) is 0.427. The molecule has 12 heavy (non-hydrogen) atoms. The molecule has 0 unspecified atom stereocenters. The van der Waals surface area contributed by atoms with Gasteiger partial charge in [-0.3, -0.25) is 0 Å². The van der Waals surface area contributed by atoms with Crippen LogP contribution in [0.4, 0.5) is 0 Å². The van der Waals surface area contributed by atoms with Crippen LogP contribution in [0, 0.1) is 10.1 Å². The zero-order chi connectivity index (χ0) is 8.55. The van der Waals surface area contributed by atoms with E-state index in [1.807, 2.05) is 0 Å². The highest BCUT2D eigenvalue weighted by atomic mass is 17.0. The first kappa shape index (κ1) is 7.75. The van der Waals surface area contributed by atoms with Crippen LogP contribution in [0.3, 0.4) is 0 Å². The summed E-state index contributed by atoms with van der Waals surface area (Å²) in [6, 6.07) is 0. The number of fused-ring (bicyclic) bond motifs is 1. The molecule has 0 aromatic heterocycles. The molecule has 68 valence electrons. The van der Waals surface area contributed by atoms with Crippen molar-refractivity contribution in [1.82, 2.24) is 0 Å². The number of nitrogens with zero attached hydrogens (tertiary/aromatic N) is 1. The molecule has 0 spiro atoms. The first-order valence-electron chi connectivity index (χ1n) is 3.82. The highest BCUT2D eigenvalue weighted by molar-refractivity contribution is 4.89. The number of rotatable bonds is 2. The average Bonchev–Trinajstić information content (AvgIpc) is 2.52. The Bertz CT molecular complexity index is 196. The third kappa shape index (κ3) is 1.23. The van der Waals surface area contributed by atoms with Gasteiger partial charge in [0.1, 0.15) is 6.10 Å². The molecule has 3 atom stereocenters. The molecule has 6 nitrogen and oxygen atoms in total. The van der Waals surface area contributed by atoms with Crippen LogP contribution in [-0.4, -0.2) is 36.6 Å². The van der Waals surface area contributed by atoms with E-state index in [0.29, 0.717) is 6.61 Å². The van der Waals surface area contributed by atoms with Crippen molar-refractivity contribution in [1.29, 1.82) is 0 Å². The van der Waals surface area contributed by atoms with E-state index < -0.39 is 11.2 Å². The number of hydrogen-bond acceptors (Lipinski definition) is 5. The van der Waals surface area contributed by atoms with Crippen LogP contribution in [0.2, 0.25) is 0 Å². The SMILES string of the molecule is O=[N+]([O-])O[C@@H]1CO[C@@H]2CCO[C@@H]21. The van der Waals surface area contributed by atoms with Crippen LogP contribution in [0.15, 0.2) is 0 Å². The minimum atomic E-state index is -0.794. The first-order chi connectivity index (χ1) is 5.77. The summed E-state index contributed by atoms with van der Waals surface area (Å²) >= 11 is 0. The van der Waals surface area contributed by atoms with Crippen LogP contribution in [0.5, 0.6) is 0 Å². The Hall–Kier alpha value is -0.880. The molecule has 0 saturated carbocycles. The Balaban J connectivity index is 1.95. The molecule has 0 bridgehead atoms. The molecule has 0 N–H and O–H groups in total. The Morgan fingerprint density at radius 3 is 3.08 bits per heavy atom. The molecule has 6 heteroatoms. The van der Waals surface area contributed by atoms with Crippen LogP contribution in [0.25, 0.3) is 0 Å². The standard InChI is InChI=1S/C6H9NO5/c8-7(9)12-5-3-11-4-1-2-10-6(4)5/h4-6H,1-3H2/t4-,5-,6+/m1/s1. The summed E-state index contributed by atoms with van der Waals surface area (Å²) in [6.45, 7) is 0.864. The number of hydrogen-bond donors (Lipinski definition) is 0. The van der Waals surface area contributed by atoms with Gasteiger partial charge in [-0.15, -0.1) is 10.1 Å². The molecule has 0 amide bonds. The van der Waals surface area contributed by atoms with Crippen molar-refractivity contribution < 1.29 is 19.4 Å². The van der Waals surface area contributed by atoms with E-state index in [9.17, 15) is 10.1 Å². The highest BCUT2D eigenvalue weighted by Crippen LogP contribution is 2.28. The van der Waals surface area contributed by atoms with Gasteiger partial charge in [0.05, 0.1) is 12.7 Å². The van der Waals surface area contributed by atoms with Gasteiger partial charge < -0.3 is 14.3 Å². The maximum Gasteiger partial charge on any atom is 0.294 e. The van der Waals surface area contributed by atoms with Gasteiger partial charge in [-0.25, -0.2) is 0 Å². The van der Waals surface area contributed by atoms with Gasteiger partial charge in [0.25, 0.3) is 5.09 Å². The smallest absolute Gasteiger partial charge is 0.294 e. The van der Waals surface area contributed by atoms with E-state index in [4.69, 9.17) is 9.47 Å². The van der Waals surface area contributed by atoms with E-state index >= 15 is 0 Å². The van der Waals surface area contributed by atoms with Crippen LogP contribution < -0.4 is 0 Å². The van der Waals surface area contributed by atoms with Crippen molar-refractivity contribution in [2.45, 2.75) is 24.7 Å². The maximum absolute atomic E-state index is 10.0. The first-order valence-corrected chi connectivity index (χ1v) is 3.82. The monoisotopic (exact) mass is 175 g/mol. The van der Waals surface area contributed by atoms with E-state index in [1.54, 1.807) is 0 Å². The predicted octanol–water partition coefficient (Wildman–Crippen LogP) is -0.249. The summed E-state index contributed by atoms with van der Waals surface area (Å²) in [6.07, 6.45) is 0.0280. The zero-order valence-electron chi connectivity index (χ0n) is 6.34. The summed E-state index contributed by atoms with van der Waals surface area (Å²) in [5, 5.41) is 9.22. The molecular formula is C6H9NO5. The second-order valence-electron chi connectivity index (χ2n) is 2.86. The molecular weight excluding hydrogens is 166 g/mol. The lowest BCUT2D eigenvalue weighted by atomic mass is 10.1. The van der Waals surface area contributed by atoms with E-state index in [2.05, 4.69) is 4.84 Å². The molecule has 0 radical (unpaired) electrons. The molecule has 0 aliphatic carbocycles. The molecule has 2 saturated heterocycles. The number of ether oxygens (including phenoxy) is 2. The fraction of sp³-hybridized carbons (Fsp3) is 1.00. The molecule has 0 aromatic carbocycles. The van der Waals surface area contributed by atoms with Crippen LogP contribution in [0.1, 0.15) is 6.42 Å². The molecule has 2 aliphatic rings. The summed E-state index contributed by atoms with van der Waals surface area (Å²) in [7, 11) is 0. The van der Waals surface area contributed by atoms with Crippen molar-refractivity contribution in [3.8, 4) is 0 Å². The second-order valence-corrected chi connectivity index (χ2v) is 2.86. The van der Waals surface area contributed by atoms with Crippen molar-refractivity contribution in [3.05, 3.63) is 10.1 Å². The molecule has 2 aliphatic heterocycles. The fourth-order valence-electron chi connectivity index (χ4n) is 1.63. The molecule has 2 rings (SSSR count). The molecule has 2 heterocycles. The Kier molecular flexibility index (Phi) is 1.86. The van der Waals surface area contributed by atoms with Gasteiger partial charge in [-0.2, -0.15) is 0 Å². The van der Waals surface area contributed by atoms with E-state index in [1.165, 1.54) is 0 Å². The van der Waals surface area contributed by atoms with Gasteiger partial charge in [0, 0.05) is 6.61 Å². The van der Waals surface area contributed by atoms with Crippen LogP contribution in [-0.2, 0) is 14.3 Å². The van der Waals surface area contributed by atoms with E-state index in [0.717, 1.165) is 6.42 Å². The summed E-state index contributed by atoms with van der Waals surface area (Å²) in [5.74, 6) is 0. The van der Waals surface area contributed by atoms with Gasteiger partial charge in [0.2, 0.25) is 0 Å². The lowest BCUT2D eigenvalue weighted by Gasteiger charge is -2.12. The minimum absolute atomic E-state index is 0.00468. The lowest BCUT2D eigenvalue weighted by molar-refractivity contribution is -0.769. The highest BCUT2D eigenvalue weighted by Gasteiger charge is 2.43. The van der Waals surface area contributed by atoms with Crippen molar-refractivity contribution in [2.75, 3.05) is 13.2 Å². The van der Waals surface area contributed by atoms with E-state index in [-0.39, 0.29) is 18.8 Å². The lowest BCUT2D eigenvalue weighted by Crippen LogP contribution is -2.31.